The molecule has 0 aliphatic carbocycles. The molecule has 1 aromatic rings. The third kappa shape index (κ3) is 4.86. The van der Waals surface area contributed by atoms with Gasteiger partial charge in [0.05, 0.1) is 0 Å². The maximum absolute atomic E-state index is 4.36. The van der Waals surface area contributed by atoms with Crippen molar-refractivity contribution < 1.29 is 0 Å². The standard InChI is InChI=1S/C12H25N7/c1-6-19(7-2)9-8-14-11-15-10(13-3)16-12(17-11)18(4)5/h6-9H2,1-5H3,(H2,13,14,15,16,17). The summed E-state index contributed by atoms with van der Waals surface area (Å²) in [6.45, 7) is 8.23. The van der Waals surface area contributed by atoms with Gasteiger partial charge in [0.25, 0.3) is 0 Å². The maximum atomic E-state index is 4.36. The Morgan fingerprint density at radius 2 is 1.63 bits per heavy atom. The summed E-state index contributed by atoms with van der Waals surface area (Å²) in [5, 5.41) is 6.19. The van der Waals surface area contributed by atoms with Gasteiger partial charge in [-0.3, -0.25) is 0 Å². The average Bonchev–Trinajstić information content (AvgIpc) is 2.43. The number of nitrogens with zero attached hydrogens (tertiary/aromatic N) is 5. The van der Waals surface area contributed by atoms with E-state index in [-0.39, 0.29) is 0 Å². The van der Waals surface area contributed by atoms with Crippen molar-refractivity contribution in [3.63, 3.8) is 0 Å². The Morgan fingerprint density at radius 3 is 2.16 bits per heavy atom. The van der Waals surface area contributed by atoms with Gasteiger partial charge in [-0.05, 0) is 13.1 Å². The Morgan fingerprint density at radius 1 is 1.00 bits per heavy atom. The van der Waals surface area contributed by atoms with Crippen LogP contribution in [0.25, 0.3) is 0 Å². The van der Waals surface area contributed by atoms with E-state index in [1.165, 1.54) is 0 Å². The van der Waals surface area contributed by atoms with Crippen molar-refractivity contribution in [1.29, 1.82) is 0 Å². The van der Waals surface area contributed by atoms with Gasteiger partial charge in [-0.1, -0.05) is 13.8 Å². The van der Waals surface area contributed by atoms with E-state index < -0.39 is 0 Å². The largest absolute Gasteiger partial charge is 0.357 e. The highest BCUT2D eigenvalue weighted by molar-refractivity contribution is 5.42. The molecule has 0 aliphatic heterocycles. The topological polar surface area (TPSA) is 69.2 Å². The lowest BCUT2D eigenvalue weighted by atomic mass is 10.4. The van der Waals surface area contributed by atoms with Crippen LogP contribution < -0.4 is 15.5 Å². The molecule has 0 fully saturated rings. The lowest BCUT2D eigenvalue weighted by Gasteiger charge is -2.18. The molecule has 7 heteroatoms. The fourth-order valence-corrected chi connectivity index (χ4v) is 1.62. The van der Waals surface area contributed by atoms with Crippen molar-refractivity contribution in [3.05, 3.63) is 0 Å². The monoisotopic (exact) mass is 267 g/mol. The second-order valence-electron chi connectivity index (χ2n) is 4.38. The number of likely N-dealkylation sites (N-methyl/N-ethyl adjacent to an activating group) is 1. The van der Waals surface area contributed by atoms with Crippen LogP contribution in [0.4, 0.5) is 17.8 Å². The molecule has 0 atom stereocenters. The predicted octanol–water partition coefficient (Wildman–Crippen LogP) is 0.733. The molecule has 0 aliphatic rings. The molecule has 1 aromatic heterocycles. The summed E-state index contributed by atoms with van der Waals surface area (Å²) in [5.41, 5.74) is 0. The van der Waals surface area contributed by atoms with Crippen LogP contribution in [0.3, 0.4) is 0 Å². The summed E-state index contributed by atoms with van der Waals surface area (Å²) in [4.78, 5) is 17.1. The minimum absolute atomic E-state index is 0.573. The van der Waals surface area contributed by atoms with Gasteiger partial charge in [-0.25, -0.2) is 0 Å². The second-order valence-corrected chi connectivity index (χ2v) is 4.38. The third-order valence-corrected chi connectivity index (χ3v) is 2.85. The van der Waals surface area contributed by atoms with E-state index in [2.05, 4.69) is 44.3 Å². The summed E-state index contributed by atoms with van der Waals surface area (Å²) in [6.07, 6.45) is 0. The molecule has 0 radical (unpaired) electrons. The fraction of sp³-hybridized carbons (Fsp3) is 0.750. The van der Waals surface area contributed by atoms with Crippen molar-refractivity contribution in [1.82, 2.24) is 19.9 Å². The zero-order chi connectivity index (χ0) is 14.3. The Bertz CT molecular complexity index is 376. The lowest BCUT2D eigenvalue weighted by molar-refractivity contribution is 0.316. The summed E-state index contributed by atoms with van der Waals surface area (Å²) in [6, 6.07) is 0. The van der Waals surface area contributed by atoms with E-state index in [1.807, 2.05) is 19.0 Å². The molecule has 0 unspecified atom stereocenters. The molecule has 2 N–H and O–H groups in total. The normalized spacial score (nSPS) is 10.6. The number of hydrogen-bond donors (Lipinski definition) is 2. The Hall–Kier alpha value is -1.63. The minimum Gasteiger partial charge on any atom is -0.357 e. The first-order valence-corrected chi connectivity index (χ1v) is 6.68. The van der Waals surface area contributed by atoms with E-state index >= 15 is 0 Å². The van der Waals surface area contributed by atoms with Gasteiger partial charge in [0.2, 0.25) is 17.8 Å². The van der Waals surface area contributed by atoms with E-state index in [0.29, 0.717) is 17.8 Å². The molecule has 7 nitrogen and oxygen atoms in total. The molecule has 1 heterocycles. The number of nitrogens with one attached hydrogen (secondary N) is 2. The summed E-state index contributed by atoms with van der Waals surface area (Å²) in [5.74, 6) is 1.82. The minimum atomic E-state index is 0.573. The molecule has 108 valence electrons. The molecular weight excluding hydrogens is 242 g/mol. The molecular formula is C12H25N7. The van der Waals surface area contributed by atoms with Gasteiger partial charge in [0.15, 0.2) is 0 Å². The molecule has 0 bridgehead atoms. The van der Waals surface area contributed by atoms with Crippen LogP contribution in [0.5, 0.6) is 0 Å². The molecule has 0 saturated carbocycles. The highest BCUT2D eigenvalue weighted by Crippen LogP contribution is 2.10. The molecule has 0 amide bonds. The quantitative estimate of drug-likeness (QED) is 0.719. The molecule has 0 saturated heterocycles. The van der Waals surface area contributed by atoms with Gasteiger partial charge < -0.3 is 20.4 Å². The molecule has 1 rings (SSSR count). The third-order valence-electron chi connectivity index (χ3n) is 2.85. The molecule has 19 heavy (non-hydrogen) atoms. The lowest BCUT2D eigenvalue weighted by Crippen LogP contribution is -2.29. The van der Waals surface area contributed by atoms with Gasteiger partial charge in [0.1, 0.15) is 0 Å². The highest BCUT2D eigenvalue weighted by atomic mass is 15.3. The summed E-state index contributed by atoms with van der Waals surface area (Å²) >= 11 is 0. The van der Waals surface area contributed by atoms with Crippen LogP contribution in [-0.4, -0.2) is 67.2 Å². The zero-order valence-electron chi connectivity index (χ0n) is 12.6. The number of aromatic nitrogens is 3. The van der Waals surface area contributed by atoms with E-state index in [9.17, 15) is 0 Å². The van der Waals surface area contributed by atoms with Crippen LogP contribution in [0.2, 0.25) is 0 Å². The fourth-order valence-electron chi connectivity index (χ4n) is 1.62. The van der Waals surface area contributed by atoms with Crippen LogP contribution in [0.15, 0.2) is 0 Å². The maximum Gasteiger partial charge on any atom is 0.231 e. The molecule has 0 spiro atoms. The predicted molar refractivity (Wildman–Crippen MR) is 80.0 cm³/mol. The summed E-state index contributed by atoms with van der Waals surface area (Å²) < 4.78 is 0. The summed E-state index contributed by atoms with van der Waals surface area (Å²) in [7, 11) is 5.62. The van der Waals surface area contributed by atoms with Gasteiger partial charge >= 0.3 is 0 Å². The van der Waals surface area contributed by atoms with Crippen LogP contribution >= 0.6 is 0 Å². The first-order valence-electron chi connectivity index (χ1n) is 6.68. The average molecular weight is 267 g/mol. The van der Waals surface area contributed by atoms with E-state index in [4.69, 9.17) is 0 Å². The van der Waals surface area contributed by atoms with Gasteiger partial charge in [-0.2, -0.15) is 15.0 Å². The molecule has 0 aromatic carbocycles. The van der Waals surface area contributed by atoms with Crippen molar-refractivity contribution >= 4 is 17.8 Å². The Labute approximate surface area is 115 Å². The van der Waals surface area contributed by atoms with Gasteiger partial charge in [0, 0.05) is 34.2 Å². The Kier molecular flexibility index (Phi) is 6.27. The SMILES string of the molecule is CCN(CC)CCNc1nc(NC)nc(N(C)C)n1. The van der Waals surface area contributed by atoms with Gasteiger partial charge in [-0.15, -0.1) is 0 Å². The number of anilines is 3. The van der Waals surface area contributed by atoms with Crippen molar-refractivity contribution in [3.8, 4) is 0 Å². The van der Waals surface area contributed by atoms with Crippen molar-refractivity contribution in [2.75, 3.05) is 62.9 Å². The van der Waals surface area contributed by atoms with Crippen molar-refractivity contribution in [2.24, 2.45) is 0 Å². The second kappa shape index (κ2) is 7.73. The van der Waals surface area contributed by atoms with E-state index in [1.54, 1.807) is 7.05 Å². The van der Waals surface area contributed by atoms with Crippen molar-refractivity contribution in [2.45, 2.75) is 13.8 Å². The zero-order valence-corrected chi connectivity index (χ0v) is 12.6. The number of hydrogen-bond acceptors (Lipinski definition) is 7. The Balaban J connectivity index is 2.64. The highest BCUT2D eigenvalue weighted by Gasteiger charge is 2.07. The van der Waals surface area contributed by atoms with Crippen LogP contribution in [0.1, 0.15) is 13.8 Å². The van der Waals surface area contributed by atoms with Crippen LogP contribution in [0, 0.1) is 0 Å². The smallest absolute Gasteiger partial charge is 0.231 e. The number of rotatable bonds is 8. The first kappa shape index (κ1) is 15.4. The first-order chi connectivity index (χ1) is 9.10. The van der Waals surface area contributed by atoms with Crippen LogP contribution in [-0.2, 0) is 0 Å². The van der Waals surface area contributed by atoms with E-state index in [0.717, 1.165) is 26.2 Å².